The molecular weight excluding hydrogens is 539 g/mol. The van der Waals surface area contributed by atoms with Gasteiger partial charge in [-0.3, -0.25) is 4.90 Å². The Morgan fingerprint density at radius 2 is 1.72 bits per heavy atom. The largest absolute Gasteiger partial charge is 0.474 e. The van der Waals surface area contributed by atoms with E-state index < -0.39 is 28.3 Å². The summed E-state index contributed by atoms with van der Waals surface area (Å²) in [5.41, 5.74) is 1.10. The summed E-state index contributed by atoms with van der Waals surface area (Å²) in [6, 6.07) is 8.76. The van der Waals surface area contributed by atoms with E-state index >= 15 is 0 Å². The molecule has 1 fully saturated rings. The molecule has 0 aliphatic carbocycles. The van der Waals surface area contributed by atoms with Crippen molar-refractivity contribution in [3.8, 4) is 23.3 Å². The molecule has 0 radical (unpaired) electrons. The number of rotatable bonds is 10. The van der Waals surface area contributed by atoms with Crippen LogP contribution in [0.25, 0.3) is 0 Å². The SMILES string of the molecule is Cc1c(Oc2ccc(S(C)(=O)=O)cc2F)ncnc1OC1CCN(C(C=O)c2ccc(OC(F)F)cc2)CC1. The molecule has 0 spiro atoms. The smallest absolute Gasteiger partial charge is 0.387 e. The zero-order chi connectivity index (χ0) is 28.2. The third-order valence-electron chi connectivity index (χ3n) is 6.25. The molecule has 4 rings (SSSR count). The Kier molecular flexibility index (Phi) is 8.70. The van der Waals surface area contributed by atoms with E-state index in [2.05, 4.69) is 14.7 Å². The number of aldehydes is 1. The van der Waals surface area contributed by atoms with E-state index in [0.29, 0.717) is 37.1 Å². The van der Waals surface area contributed by atoms with Crippen LogP contribution in [0.5, 0.6) is 23.3 Å². The molecule has 3 aromatic rings. The number of hydrogen-bond acceptors (Lipinski definition) is 9. The number of ether oxygens (including phenoxy) is 3. The highest BCUT2D eigenvalue weighted by atomic mass is 32.2. The molecule has 1 aromatic heterocycles. The average molecular weight is 566 g/mol. The van der Waals surface area contributed by atoms with Crippen LogP contribution in [0.3, 0.4) is 0 Å². The monoisotopic (exact) mass is 565 g/mol. The van der Waals surface area contributed by atoms with Gasteiger partial charge in [0, 0.05) is 19.3 Å². The van der Waals surface area contributed by atoms with Gasteiger partial charge < -0.3 is 19.0 Å². The fraction of sp³-hybridized carbons (Fsp3) is 0.346. The molecule has 9 nitrogen and oxygen atoms in total. The Hall–Kier alpha value is -3.71. The van der Waals surface area contributed by atoms with E-state index in [0.717, 1.165) is 18.6 Å². The van der Waals surface area contributed by atoms with Gasteiger partial charge in [0.15, 0.2) is 21.4 Å². The van der Waals surface area contributed by atoms with Gasteiger partial charge in [-0.05, 0) is 55.7 Å². The Bertz CT molecular complexity index is 1410. The molecule has 0 N–H and O–H groups in total. The second-order valence-electron chi connectivity index (χ2n) is 8.96. The maximum Gasteiger partial charge on any atom is 0.387 e. The summed E-state index contributed by atoms with van der Waals surface area (Å²) in [7, 11) is -3.57. The lowest BCUT2D eigenvalue weighted by Crippen LogP contribution is -2.41. The lowest BCUT2D eigenvalue weighted by Gasteiger charge is -2.35. The lowest BCUT2D eigenvalue weighted by atomic mass is 10.0. The van der Waals surface area contributed by atoms with E-state index in [4.69, 9.17) is 9.47 Å². The number of hydrogen-bond donors (Lipinski definition) is 0. The standard InChI is InChI=1S/C26H26F3N3O6S/c1-16-24(30-15-31-25(16)38-23-8-7-20(13-21(23)27)39(2,34)35)36-19-9-11-32(12-10-19)22(14-33)17-3-5-18(6-4-17)37-26(28)29/h3-8,13-15,19,22,26H,9-12H2,1-2H3. The zero-order valence-corrected chi connectivity index (χ0v) is 21.9. The lowest BCUT2D eigenvalue weighted by molar-refractivity contribution is -0.113. The van der Waals surface area contributed by atoms with Gasteiger partial charge in [0.2, 0.25) is 11.8 Å². The van der Waals surface area contributed by atoms with Crippen LogP contribution in [0.1, 0.15) is 30.0 Å². The highest BCUT2D eigenvalue weighted by Crippen LogP contribution is 2.32. The van der Waals surface area contributed by atoms with Crippen molar-refractivity contribution in [3.63, 3.8) is 0 Å². The minimum absolute atomic E-state index is 0.0164. The van der Waals surface area contributed by atoms with E-state index in [-0.39, 0.29) is 34.3 Å². The van der Waals surface area contributed by atoms with Gasteiger partial charge in [-0.25, -0.2) is 22.8 Å². The van der Waals surface area contributed by atoms with E-state index in [1.165, 1.54) is 30.6 Å². The number of likely N-dealkylation sites (tertiary alicyclic amines) is 1. The molecule has 1 saturated heterocycles. The van der Waals surface area contributed by atoms with Crippen molar-refractivity contribution in [2.75, 3.05) is 19.3 Å². The van der Waals surface area contributed by atoms with Crippen molar-refractivity contribution in [2.45, 2.75) is 43.4 Å². The fourth-order valence-corrected chi connectivity index (χ4v) is 4.82. The molecule has 1 aliphatic heterocycles. The van der Waals surface area contributed by atoms with Gasteiger partial charge in [-0.15, -0.1) is 0 Å². The van der Waals surface area contributed by atoms with Crippen molar-refractivity contribution >= 4 is 16.1 Å². The molecule has 0 amide bonds. The first-order valence-corrected chi connectivity index (χ1v) is 13.8. The number of piperidine rings is 1. The van der Waals surface area contributed by atoms with Crippen LogP contribution >= 0.6 is 0 Å². The summed E-state index contributed by atoms with van der Waals surface area (Å²) >= 11 is 0. The molecule has 2 heterocycles. The molecule has 13 heteroatoms. The topological polar surface area (TPSA) is 108 Å². The minimum Gasteiger partial charge on any atom is -0.474 e. The van der Waals surface area contributed by atoms with Crippen LogP contribution in [0, 0.1) is 12.7 Å². The molecule has 208 valence electrons. The van der Waals surface area contributed by atoms with Gasteiger partial charge in [-0.1, -0.05) is 12.1 Å². The first-order chi connectivity index (χ1) is 18.5. The predicted molar refractivity (Wildman–Crippen MR) is 133 cm³/mol. The fourth-order valence-electron chi connectivity index (χ4n) is 4.19. The number of alkyl halides is 2. The predicted octanol–water partition coefficient (Wildman–Crippen LogP) is 4.50. The van der Waals surface area contributed by atoms with Gasteiger partial charge in [0.25, 0.3) is 0 Å². The number of aromatic nitrogens is 2. The van der Waals surface area contributed by atoms with Gasteiger partial charge in [0.1, 0.15) is 24.5 Å². The van der Waals surface area contributed by atoms with Gasteiger partial charge in [-0.2, -0.15) is 8.78 Å². The van der Waals surface area contributed by atoms with Crippen molar-refractivity contribution in [1.82, 2.24) is 14.9 Å². The number of sulfone groups is 1. The highest BCUT2D eigenvalue weighted by molar-refractivity contribution is 7.90. The third-order valence-corrected chi connectivity index (χ3v) is 7.36. The number of benzene rings is 2. The summed E-state index contributed by atoms with van der Waals surface area (Å²) in [6.07, 6.45) is 3.96. The Morgan fingerprint density at radius 1 is 1.05 bits per heavy atom. The Labute approximate surface area is 223 Å². The summed E-state index contributed by atoms with van der Waals surface area (Å²) in [4.78, 5) is 21.9. The highest BCUT2D eigenvalue weighted by Gasteiger charge is 2.28. The van der Waals surface area contributed by atoms with Crippen molar-refractivity contribution < 1.29 is 40.6 Å². The number of carbonyl (C=O) groups excluding carboxylic acids is 1. The van der Waals surface area contributed by atoms with Gasteiger partial charge in [0.05, 0.1) is 16.5 Å². The summed E-state index contributed by atoms with van der Waals surface area (Å²) in [5.74, 6) is -0.719. The first-order valence-electron chi connectivity index (χ1n) is 11.9. The van der Waals surface area contributed by atoms with Gasteiger partial charge >= 0.3 is 6.61 Å². The van der Waals surface area contributed by atoms with Crippen LogP contribution in [0.4, 0.5) is 13.2 Å². The van der Waals surface area contributed by atoms with Crippen LogP contribution in [0.15, 0.2) is 53.7 Å². The molecule has 0 bridgehead atoms. The van der Waals surface area contributed by atoms with Crippen molar-refractivity contribution in [2.24, 2.45) is 0 Å². The Morgan fingerprint density at radius 3 is 2.31 bits per heavy atom. The van der Waals surface area contributed by atoms with Crippen LogP contribution < -0.4 is 14.2 Å². The Balaban J connectivity index is 1.38. The normalized spacial score (nSPS) is 15.6. The molecule has 0 saturated carbocycles. The third kappa shape index (κ3) is 7.03. The summed E-state index contributed by atoms with van der Waals surface area (Å²) in [6.45, 7) is -0.192. The van der Waals surface area contributed by atoms with Crippen LogP contribution in [0.2, 0.25) is 0 Å². The van der Waals surface area contributed by atoms with E-state index in [1.54, 1.807) is 19.1 Å². The van der Waals surface area contributed by atoms with Crippen molar-refractivity contribution in [3.05, 3.63) is 65.7 Å². The quantitative estimate of drug-likeness (QED) is 0.328. The zero-order valence-electron chi connectivity index (χ0n) is 21.1. The average Bonchev–Trinajstić information content (AvgIpc) is 2.89. The first kappa shape index (κ1) is 28.3. The molecule has 1 atom stereocenters. The second-order valence-corrected chi connectivity index (χ2v) is 11.0. The van der Waals surface area contributed by atoms with Crippen LogP contribution in [-0.2, 0) is 14.6 Å². The summed E-state index contributed by atoms with van der Waals surface area (Å²) < 4.78 is 78.5. The number of nitrogens with zero attached hydrogens (tertiary/aromatic N) is 3. The molecule has 1 unspecified atom stereocenters. The van der Waals surface area contributed by atoms with Crippen molar-refractivity contribution in [1.29, 1.82) is 0 Å². The van der Waals surface area contributed by atoms with Crippen LogP contribution in [-0.4, -0.2) is 61.6 Å². The maximum atomic E-state index is 14.5. The minimum atomic E-state index is -3.57. The number of carbonyl (C=O) groups is 1. The van der Waals surface area contributed by atoms with E-state index in [1.807, 2.05) is 4.90 Å². The second kappa shape index (κ2) is 12.0. The molecular formula is C26H26F3N3O6S. The van der Waals surface area contributed by atoms with E-state index in [9.17, 15) is 26.4 Å². The maximum absolute atomic E-state index is 14.5. The summed E-state index contributed by atoms with van der Waals surface area (Å²) in [5, 5.41) is 0. The molecule has 39 heavy (non-hydrogen) atoms. The number of halogens is 3. The molecule has 2 aromatic carbocycles. The molecule has 1 aliphatic rings.